The molecule has 0 unspecified atom stereocenters. The highest BCUT2D eigenvalue weighted by Crippen LogP contribution is 2.46. The molecule has 0 saturated carbocycles. The van der Waals surface area contributed by atoms with E-state index in [0.717, 1.165) is 50.1 Å². The molecule has 0 atom stereocenters. The van der Waals surface area contributed by atoms with Crippen molar-refractivity contribution in [2.75, 3.05) is 4.90 Å². The summed E-state index contributed by atoms with van der Waals surface area (Å²) < 4.78 is 9.22. The van der Waals surface area contributed by atoms with Gasteiger partial charge in [-0.05, 0) is 87.6 Å². The van der Waals surface area contributed by atoms with Gasteiger partial charge in [-0.1, -0.05) is 146 Å². The van der Waals surface area contributed by atoms with E-state index in [9.17, 15) is 0 Å². The second-order valence-corrected chi connectivity index (χ2v) is 15.2. The lowest BCUT2D eigenvalue weighted by molar-refractivity contribution is 0.670. The number of rotatable bonds is 6. The maximum atomic E-state index is 6.61. The van der Waals surface area contributed by atoms with Crippen LogP contribution in [0.25, 0.3) is 86.3 Å². The summed E-state index contributed by atoms with van der Waals surface area (Å²) >= 11 is 1.86. The number of anilines is 3. The Hall–Kier alpha value is -6.94. The number of furan rings is 1. The Morgan fingerprint density at radius 3 is 1.98 bits per heavy atom. The summed E-state index contributed by atoms with van der Waals surface area (Å²) in [5.74, 6) is 0. The Bertz CT molecular complexity index is 3220. The van der Waals surface area contributed by atoms with Gasteiger partial charge in [0.1, 0.15) is 11.2 Å². The van der Waals surface area contributed by atoms with Gasteiger partial charge in [-0.2, -0.15) is 0 Å². The Morgan fingerprint density at radius 1 is 0.382 bits per heavy atom. The van der Waals surface area contributed by atoms with Crippen LogP contribution in [0.2, 0.25) is 0 Å². The summed E-state index contributed by atoms with van der Waals surface area (Å²) in [5, 5.41) is 7.34. The van der Waals surface area contributed by atoms with Gasteiger partial charge in [-0.3, -0.25) is 0 Å². The fraction of sp³-hybridized carbons (Fsp3) is 0. The second-order valence-electron chi connectivity index (χ2n) is 14.1. The molecule has 0 fully saturated rings. The fourth-order valence-electron chi connectivity index (χ4n) is 8.28. The van der Waals surface area contributed by atoms with Gasteiger partial charge in [0.15, 0.2) is 0 Å². The number of hydrogen-bond acceptors (Lipinski definition) is 3. The SMILES string of the molecule is c1cc(-c2cccc3sc4ccccc4c23)cc(N(c2ccc(-c3ccc4ccccc4c3)cc2)c2ccccc2-c2cccc3c2oc2ccccc23)c1. The first-order valence-corrected chi connectivity index (χ1v) is 19.5. The van der Waals surface area contributed by atoms with Crippen molar-refractivity contribution in [2.24, 2.45) is 0 Å². The third-order valence-electron chi connectivity index (χ3n) is 10.9. The van der Waals surface area contributed by atoms with Crippen molar-refractivity contribution in [3.63, 3.8) is 0 Å². The van der Waals surface area contributed by atoms with Crippen molar-refractivity contribution in [2.45, 2.75) is 0 Å². The average molecular weight is 720 g/mol. The van der Waals surface area contributed by atoms with Gasteiger partial charge >= 0.3 is 0 Å². The molecule has 55 heavy (non-hydrogen) atoms. The molecule has 9 aromatic carbocycles. The molecular formula is C52H33NOS. The number of thiophene rings is 1. The molecule has 3 heteroatoms. The minimum absolute atomic E-state index is 0.895. The third-order valence-corrected chi connectivity index (χ3v) is 12.0. The summed E-state index contributed by atoms with van der Waals surface area (Å²) in [6.45, 7) is 0. The molecule has 2 nitrogen and oxygen atoms in total. The smallest absolute Gasteiger partial charge is 0.143 e. The number of nitrogens with zero attached hydrogens (tertiary/aromatic N) is 1. The normalized spacial score (nSPS) is 11.6. The van der Waals surface area contributed by atoms with Gasteiger partial charge in [-0.15, -0.1) is 11.3 Å². The predicted molar refractivity (Wildman–Crippen MR) is 235 cm³/mol. The van der Waals surface area contributed by atoms with Crippen LogP contribution in [0, 0.1) is 0 Å². The molecule has 0 amide bonds. The van der Waals surface area contributed by atoms with Crippen LogP contribution in [0.15, 0.2) is 205 Å². The monoisotopic (exact) mass is 719 g/mol. The van der Waals surface area contributed by atoms with Crippen LogP contribution in [-0.2, 0) is 0 Å². The van der Waals surface area contributed by atoms with E-state index in [1.165, 1.54) is 53.2 Å². The quantitative estimate of drug-likeness (QED) is 0.170. The van der Waals surface area contributed by atoms with E-state index in [1.807, 2.05) is 17.4 Å². The van der Waals surface area contributed by atoms with Gasteiger partial charge in [0, 0.05) is 53.4 Å². The maximum Gasteiger partial charge on any atom is 0.143 e. The van der Waals surface area contributed by atoms with E-state index in [-0.39, 0.29) is 0 Å². The highest BCUT2D eigenvalue weighted by atomic mass is 32.1. The summed E-state index contributed by atoms with van der Waals surface area (Å²) in [7, 11) is 0. The Morgan fingerprint density at radius 2 is 1.05 bits per heavy atom. The molecule has 2 aromatic heterocycles. The maximum absolute atomic E-state index is 6.61. The molecule has 0 N–H and O–H groups in total. The van der Waals surface area contributed by atoms with E-state index < -0.39 is 0 Å². The molecule has 0 bridgehead atoms. The summed E-state index contributed by atoms with van der Waals surface area (Å²) in [5.41, 5.74) is 12.0. The van der Waals surface area contributed by atoms with E-state index in [0.29, 0.717) is 0 Å². The summed E-state index contributed by atoms with van der Waals surface area (Å²) in [6.07, 6.45) is 0. The first kappa shape index (κ1) is 31.6. The molecule has 0 spiro atoms. The fourth-order valence-corrected chi connectivity index (χ4v) is 9.41. The molecular weight excluding hydrogens is 687 g/mol. The van der Waals surface area contributed by atoms with Crippen LogP contribution < -0.4 is 4.90 Å². The molecule has 11 rings (SSSR count). The van der Waals surface area contributed by atoms with Crippen molar-refractivity contribution in [1.82, 2.24) is 0 Å². The first-order chi connectivity index (χ1) is 27.3. The molecule has 258 valence electrons. The number of benzene rings is 9. The Balaban J connectivity index is 1.11. The van der Waals surface area contributed by atoms with Crippen LogP contribution in [0.3, 0.4) is 0 Å². The lowest BCUT2D eigenvalue weighted by Gasteiger charge is -2.28. The van der Waals surface area contributed by atoms with E-state index >= 15 is 0 Å². The third kappa shape index (κ3) is 5.32. The Labute approximate surface area is 322 Å². The zero-order valence-corrected chi connectivity index (χ0v) is 30.6. The molecule has 0 radical (unpaired) electrons. The van der Waals surface area contributed by atoms with Crippen LogP contribution in [-0.4, -0.2) is 0 Å². The minimum atomic E-state index is 0.895. The van der Waals surface area contributed by atoms with Crippen molar-refractivity contribution in [3.05, 3.63) is 200 Å². The van der Waals surface area contributed by atoms with Crippen LogP contribution in [0.4, 0.5) is 17.1 Å². The van der Waals surface area contributed by atoms with Gasteiger partial charge in [0.05, 0.1) is 5.69 Å². The highest BCUT2D eigenvalue weighted by molar-refractivity contribution is 7.25. The summed E-state index contributed by atoms with van der Waals surface area (Å²) in [6, 6.07) is 72.2. The predicted octanol–water partition coefficient (Wildman–Crippen LogP) is 15.6. The van der Waals surface area contributed by atoms with E-state index in [1.54, 1.807) is 0 Å². The van der Waals surface area contributed by atoms with Crippen molar-refractivity contribution >= 4 is 81.3 Å². The zero-order chi connectivity index (χ0) is 36.3. The van der Waals surface area contributed by atoms with Crippen molar-refractivity contribution in [1.29, 1.82) is 0 Å². The van der Waals surface area contributed by atoms with Gasteiger partial charge in [-0.25, -0.2) is 0 Å². The van der Waals surface area contributed by atoms with E-state index in [4.69, 9.17) is 4.42 Å². The van der Waals surface area contributed by atoms with Crippen molar-refractivity contribution < 1.29 is 4.42 Å². The van der Waals surface area contributed by atoms with Crippen LogP contribution in [0.5, 0.6) is 0 Å². The summed E-state index contributed by atoms with van der Waals surface area (Å²) in [4.78, 5) is 2.40. The molecule has 11 aromatic rings. The number of fused-ring (bicyclic) bond motifs is 7. The molecule has 2 heterocycles. The topological polar surface area (TPSA) is 16.4 Å². The standard InChI is InChI=1S/C52H33NOS/c1-2-13-36-32-37(27-26-34(36)12-1)35-28-30-39(31-29-35)53(40-15-9-14-38(33-40)41-19-11-25-50-51(41)46-18-5-8-24-49(46)55-50)47-22-6-3-16-42(47)44-20-10-21-45-43-17-4-7-23-48(43)54-52(44)45/h1-33H. The number of hydrogen-bond donors (Lipinski definition) is 0. The molecule has 0 aliphatic rings. The lowest BCUT2D eigenvalue weighted by Crippen LogP contribution is -2.11. The second kappa shape index (κ2) is 12.9. The van der Waals surface area contributed by atoms with Crippen LogP contribution in [0.1, 0.15) is 0 Å². The zero-order valence-electron chi connectivity index (χ0n) is 29.8. The van der Waals surface area contributed by atoms with Gasteiger partial charge < -0.3 is 9.32 Å². The van der Waals surface area contributed by atoms with Crippen LogP contribution >= 0.6 is 11.3 Å². The molecule has 0 aliphatic carbocycles. The molecule has 0 aliphatic heterocycles. The average Bonchev–Trinajstić information content (AvgIpc) is 3.83. The number of para-hydroxylation sites is 3. The van der Waals surface area contributed by atoms with E-state index in [2.05, 4.69) is 199 Å². The first-order valence-electron chi connectivity index (χ1n) is 18.7. The highest BCUT2D eigenvalue weighted by Gasteiger charge is 2.21. The van der Waals surface area contributed by atoms with Crippen molar-refractivity contribution in [3.8, 4) is 33.4 Å². The Kier molecular flexibility index (Phi) is 7.39. The minimum Gasteiger partial charge on any atom is -0.455 e. The van der Waals surface area contributed by atoms with Gasteiger partial charge in [0.2, 0.25) is 0 Å². The molecule has 0 saturated heterocycles. The largest absolute Gasteiger partial charge is 0.455 e. The van der Waals surface area contributed by atoms with Gasteiger partial charge in [0.25, 0.3) is 0 Å². The lowest BCUT2D eigenvalue weighted by atomic mass is 9.97.